The van der Waals surface area contributed by atoms with Crippen molar-refractivity contribution in [2.24, 2.45) is 33.8 Å². The van der Waals surface area contributed by atoms with Crippen LogP contribution in [0.1, 0.15) is 46.5 Å². The van der Waals surface area contributed by atoms with E-state index in [1.165, 1.54) is 6.92 Å². The number of rotatable bonds is 15. The maximum absolute atomic E-state index is 12.8. The molecule has 33 heavy (non-hydrogen) atoms. The van der Waals surface area contributed by atoms with Crippen LogP contribution in [0.2, 0.25) is 0 Å². The summed E-state index contributed by atoms with van der Waals surface area (Å²) in [6.45, 7) is 4.91. The summed E-state index contributed by atoms with van der Waals surface area (Å²) in [5.41, 5.74) is 21.1. The maximum Gasteiger partial charge on any atom is 0.326 e. The van der Waals surface area contributed by atoms with E-state index in [9.17, 15) is 29.1 Å². The first-order valence-corrected chi connectivity index (χ1v) is 10.5. The van der Waals surface area contributed by atoms with Gasteiger partial charge in [0.1, 0.15) is 18.1 Å². The van der Waals surface area contributed by atoms with E-state index in [2.05, 4.69) is 20.9 Å². The van der Waals surface area contributed by atoms with Crippen molar-refractivity contribution in [1.29, 1.82) is 0 Å². The quantitative estimate of drug-likeness (QED) is 0.0678. The minimum Gasteiger partial charge on any atom is -0.480 e. The number of primary amides is 1. The summed E-state index contributed by atoms with van der Waals surface area (Å²) in [5, 5.41) is 16.7. The molecule has 12 N–H and O–H groups in total. The summed E-state index contributed by atoms with van der Waals surface area (Å²) in [5.74, 6) is -4.58. The van der Waals surface area contributed by atoms with Gasteiger partial charge in [0.2, 0.25) is 23.6 Å². The van der Waals surface area contributed by atoms with Gasteiger partial charge in [0.05, 0.1) is 6.04 Å². The molecule has 14 heteroatoms. The third-order valence-electron chi connectivity index (χ3n) is 4.53. The van der Waals surface area contributed by atoms with Crippen LogP contribution in [-0.4, -0.2) is 71.4 Å². The summed E-state index contributed by atoms with van der Waals surface area (Å²) in [7, 11) is 0. The number of aliphatic imine (C=N–C) groups is 1. The normalized spacial score (nSPS) is 14.3. The molecule has 0 aliphatic rings. The molecule has 4 amide bonds. The first-order valence-electron chi connectivity index (χ1n) is 10.5. The molecule has 188 valence electrons. The number of carbonyl (C=O) groups is 5. The predicted molar refractivity (Wildman–Crippen MR) is 120 cm³/mol. The second-order valence-electron chi connectivity index (χ2n) is 7.93. The Morgan fingerprint density at radius 1 is 0.848 bits per heavy atom. The van der Waals surface area contributed by atoms with E-state index in [-0.39, 0.29) is 31.8 Å². The van der Waals surface area contributed by atoms with Crippen molar-refractivity contribution < 1.29 is 29.1 Å². The first-order chi connectivity index (χ1) is 15.3. The number of nitrogens with two attached hydrogens (primary N) is 4. The Balaban J connectivity index is 5.32. The van der Waals surface area contributed by atoms with Gasteiger partial charge in [0, 0.05) is 13.0 Å². The average Bonchev–Trinajstić information content (AvgIpc) is 2.69. The minimum atomic E-state index is -1.26. The lowest BCUT2D eigenvalue weighted by Gasteiger charge is -2.26. The Hall–Kier alpha value is -3.42. The second-order valence-corrected chi connectivity index (χ2v) is 7.93. The molecule has 0 spiro atoms. The Bertz CT molecular complexity index is 736. The lowest BCUT2D eigenvalue weighted by Crippen LogP contribution is -2.58. The van der Waals surface area contributed by atoms with Gasteiger partial charge in [0.25, 0.3) is 0 Å². The third kappa shape index (κ3) is 12.3. The molecule has 0 bridgehead atoms. The van der Waals surface area contributed by atoms with Crippen molar-refractivity contribution in [1.82, 2.24) is 16.0 Å². The van der Waals surface area contributed by atoms with E-state index in [1.807, 2.05) is 0 Å². The molecule has 4 unspecified atom stereocenters. The van der Waals surface area contributed by atoms with Gasteiger partial charge in [0.15, 0.2) is 5.96 Å². The molecule has 0 radical (unpaired) electrons. The summed E-state index contributed by atoms with van der Waals surface area (Å²) >= 11 is 0. The molecule has 0 saturated carbocycles. The van der Waals surface area contributed by atoms with Crippen LogP contribution < -0.4 is 38.9 Å². The highest BCUT2D eigenvalue weighted by Crippen LogP contribution is 2.07. The summed E-state index contributed by atoms with van der Waals surface area (Å²) < 4.78 is 0. The zero-order valence-electron chi connectivity index (χ0n) is 19.2. The van der Waals surface area contributed by atoms with Crippen LogP contribution in [0.25, 0.3) is 0 Å². The fraction of sp³-hybridized carbons (Fsp3) is 0.684. The van der Waals surface area contributed by atoms with Crippen molar-refractivity contribution in [3.05, 3.63) is 0 Å². The molecule has 0 aliphatic carbocycles. The topological polar surface area (TPSA) is 258 Å². The van der Waals surface area contributed by atoms with Crippen LogP contribution in [-0.2, 0) is 24.0 Å². The number of carbonyl (C=O) groups excluding carboxylic acids is 4. The fourth-order valence-electron chi connectivity index (χ4n) is 2.67. The van der Waals surface area contributed by atoms with Gasteiger partial charge in [-0.1, -0.05) is 13.8 Å². The molecule has 0 aromatic carbocycles. The SMILES string of the molecule is CC(N)C(=O)NC(CCC(N)=O)C(=O)NC(C(=O)NC(CCCN=C(N)N)C(=O)O)C(C)C. The third-order valence-corrected chi connectivity index (χ3v) is 4.53. The van der Waals surface area contributed by atoms with Crippen LogP contribution in [0.3, 0.4) is 0 Å². The van der Waals surface area contributed by atoms with Crippen molar-refractivity contribution in [2.75, 3.05) is 6.54 Å². The highest BCUT2D eigenvalue weighted by atomic mass is 16.4. The molecule has 0 fully saturated rings. The van der Waals surface area contributed by atoms with E-state index >= 15 is 0 Å². The van der Waals surface area contributed by atoms with Crippen LogP contribution >= 0.6 is 0 Å². The van der Waals surface area contributed by atoms with Crippen LogP contribution in [0.15, 0.2) is 4.99 Å². The molecule has 0 rings (SSSR count). The average molecular weight is 473 g/mol. The number of carboxylic acid groups (broad SMARTS) is 1. The van der Waals surface area contributed by atoms with Crippen molar-refractivity contribution in [3.63, 3.8) is 0 Å². The molecule has 0 aromatic heterocycles. The highest BCUT2D eigenvalue weighted by molar-refractivity contribution is 5.94. The van der Waals surface area contributed by atoms with E-state index in [0.29, 0.717) is 6.42 Å². The van der Waals surface area contributed by atoms with Gasteiger partial charge < -0.3 is 44.0 Å². The number of nitrogens with zero attached hydrogens (tertiary/aromatic N) is 1. The lowest BCUT2D eigenvalue weighted by atomic mass is 10.0. The lowest BCUT2D eigenvalue weighted by molar-refractivity contribution is -0.142. The van der Waals surface area contributed by atoms with Gasteiger partial charge >= 0.3 is 5.97 Å². The molecule has 14 nitrogen and oxygen atoms in total. The van der Waals surface area contributed by atoms with Crippen molar-refractivity contribution in [3.8, 4) is 0 Å². The number of guanidine groups is 1. The van der Waals surface area contributed by atoms with Crippen molar-refractivity contribution in [2.45, 2.75) is 70.6 Å². The number of carboxylic acids is 1. The molecule has 4 atom stereocenters. The smallest absolute Gasteiger partial charge is 0.326 e. The monoisotopic (exact) mass is 472 g/mol. The Labute approximate surface area is 192 Å². The molecular formula is C19H36N8O6. The van der Waals surface area contributed by atoms with Gasteiger partial charge in [-0.3, -0.25) is 24.2 Å². The van der Waals surface area contributed by atoms with Crippen LogP contribution in [0.5, 0.6) is 0 Å². The Morgan fingerprint density at radius 2 is 1.42 bits per heavy atom. The largest absolute Gasteiger partial charge is 0.480 e. The Kier molecular flexibility index (Phi) is 13.1. The van der Waals surface area contributed by atoms with Crippen LogP contribution in [0, 0.1) is 5.92 Å². The van der Waals surface area contributed by atoms with Crippen LogP contribution in [0.4, 0.5) is 0 Å². The van der Waals surface area contributed by atoms with Gasteiger partial charge in [-0.05, 0) is 32.1 Å². The number of nitrogens with one attached hydrogen (secondary N) is 3. The summed E-state index contributed by atoms with van der Waals surface area (Å²) in [4.78, 5) is 63.9. The first kappa shape index (κ1) is 29.6. The van der Waals surface area contributed by atoms with E-state index in [4.69, 9.17) is 22.9 Å². The van der Waals surface area contributed by atoms with E-state index in [0.717, 1.165) is 0 Å². The zero-order valence-corrected chi connectivity index (χ0v) is 19.2. The van der Waals surface area contributed by atoms with Gasteiger partial charge in [-0.2, -0.15) is 0 Å². The minimum absolute atomic E-state index is 0.0578. The molecule has 0 saturated heterocycles. The molecule has 0 heterocycles. The molecule has 0 aliphatic heterocycles. The Morgan fingerprint density at radius 3 is 1.88 bits per heavy atom. The van der Waals surface area contributed by atoms with E-state index in [1.54, 1.807) is 13.8 Å². The number of amides is 4. The van der Waals surface area contributed by atoms with Gasteiger partial charge in [-0.25, -0.2) is 4.79 Å². The summed E-state index contributed by atoms with van der Waals surface area (Å²) in [6.07, 6.45) is 0.0655. The number of hydrogen-bond acceptors (Lipinski definition) is 7. The highest BCUT2D eigenvalue weighted by Gasteiger charge is 2.31. The second kappa shape index (κ2) is 14.6. The van der Waals surface area contributed by atoms with E-state index < -0.39 is 59.7 Å². The fourth-order valence-corrected chi connectivity index (χ4v) is 2.67. The predicted octanol–water partition coefficient (Wildman–Crippen LogP) is -3.15. The molecular weight excluding hydrogens is 436 g/mol. The number of aliphatic carboxylic acids is 1. The van der Waals surface area contributed by atoms with Gasteiger partial charge in [-0.15, -0.1) is 0 Å². The maximum atomic E-state index is 12.8. The summed E-state index contributed by atoms with van der Waals surface area (Å²) in [6, 6.07) is -4.41. The zero-order chi connectivity index (χ0) is 25.7. The van der Waals surface area contributed by atoms with Crippen molar-refractivity contribution >= 4 is 35.6 Å². The standard InChI is InChI=1S/C19H36N8O6/c1-9(2)14(17(31)26-12(18(32)33)5-4-8-24-19(22)23)27-16(30)11(6-7-13(21)28)25-15(29)10(3)20/h9-12,14H,4-8,20H2,1-3H3,(H2,21,28)(H,25,29)(H,26,31)(H,27,30)(H,32,33)(H4,22,23,24). The molecule has 0 aromatic rings. The number of hydrogen-bond donors (Lipinski definition) is 8.